The van der Waals surface area contributed by atoms with Crippen LogP contribution in [0.5, 0.6) is 5.75 Å². The van der Waals surface area contributed by atoms with Crippen molar-refractivity contribution in [3.8, 4) is 5.75 Å². The van der Waals surface area contributed by atoms with Crippen LogP contribution in [0.1, 0.15) is 15.9 Å². The van der Waals surface area contributed by atoms with E-state index in [2.05, 4.69) is 31.9 Å². The van der Waals surface area contributed by atoms with Gasteiger partial charge in [0.05, 0.1) is 10.0 Å². The van der Waals surface area contributed by atoms with Crippen molar-refractivity contribution in [1.82, 2.24) is 0 Å². The van der Waals surface area contributed by atoms with E-state index in [1.165, 1.54) is 12.1 Å². The minimum absolute atomic E-state index is 0.200. The summed E-state index contributed by atoms with van der Waals surface area (Å²) in [7, 11) is 0. The van der Waals surface area contributed by atoms with E-state index < -0.39 is 5.97 Å². The molecule has 1 N–H and O–H groups in total. The van der Waals surface area contributed by atoms with Crippen LogP contribution in [-0.4, -0.2) is 11.1 Å². The summed E-state index contributed by atoms with van der Waals surface area (Å²) in [4.78, 5) is 10.8. The SMILES string of the molecule is O=C(O)c1ccc(OCc2ccc(Br)cc2Cl)c(Br)c1. The fraction of sp³-hybridized carbons (Fsp3) is 0.0714. The van der Waals surface area contributed by atoms with Crippen molar-refractivity contribution in [3.63, 3.8) is 0 Å². The first-order chi connectivity index (χ1) is 9.47. The molecular weight excluding hydrogens is 411 g/mol. The molecule has 0 amide bonds. The topological polar surface area (TPSA) is 46.5 Å². The van der Waals surface area contributed by atoms with Crippen LogP contribution in [0.25, 0.3) is 0 Å². The molecule has 0 saturated heterocycles. The number of ether oxygens (including phenoxy) is 1. The van der Waals surface area contributed by atoms with Gasteiger partial charge < -0.3 is 9.84 Å². The molecule has 0 aliphatic carbocycles. The van der Waals surface area contributed by atoms with E-state index in [-0.39, 0.29) is 5.56 Å². The van der Waals surface area contributed by atoms with Crippen LogP contribution < -0.4 is 4.74 Å². The molecule has 0 atom stereocenters. The molecule has 20 heavy (non-hydrogen) atoms. The second kappa shape index (κ2) is 6.61. The molecule has 2 aromatic carbocycles. The Morgan fingerprint density at radius 1 is 1.20 bits per heavy atom. The van der Waals surface area contributed by atoms with Gasteiger partial charge in [-0.2, -0.15) is 0 Å². The molecule has 104 valence electrons. The number of carboxylic acid groups (broad SMARTS) is 1. The Hall–Kier alpha value is -1.04. The number of halogens is 3. The fourth-order valence-electron chi connectivity index (χ4n) is 1.55. The molecule has 6 heteroatoms. The highest BCUT2D eigenvalue weighted by atomic mass is 79.9. The van der Waals surface area contributed by atoms with E-state index in [1.807, 2.05) is 12.1 Å². The van der Waals surface area contributed by atoms with Gasteiger partial charge in [-0.15, -0.1) is 0 Å². The minimum Gasteiger partial charge on any atom is -0.488 e. The van der Waals surface area contributed by atoms with Crippen LogP contribution in [0.4, 0.5) is 0 Å². The summed E-state index contributed by atoms with van der Waals surface area (Å²) in [6.45, 7) is 0.303. The third kappa shape index (κ3) is 3.75. The Morgan fingerprint density at radius 3 is 2.55 bits per heavy atom. The highest BCUT2D eigenvalue weighted by Crippen LogP contribution is 2.28. The Balaban J connectivity index is 2.13. The fourth-order valence-corrected chi connectivity index (χ4v) is 2.77. The largest absolute Gasteiger partial charge is 0.488 e. The first-order valence-corrected chi connectivity index (χ1v) is 7.53. The molecule has 0 aliphatic heterocycles. The molecule has 2 rings (SSSR count). The first-order valence-electron chi connectivity index (χ1n) is 5.57. The number of hydrogen-bond acceptors (Lipinski definition) is 2. The van der Waals surface area contributed by atoms with Crippen LogP contribution in [0.15, 0.2) is 45.3 Å². The number of aromatic carboxylic acids is 1. The summed E-state index contributed by atoms with van der Waals surface area (Å²) in [5.41, 5.74) is 1.05. The van der Waals surface area contributed by atoms with Gasteiger partial charge in [0, 0.05) is 15.1 Å². The molecule has 0 aromatic heterocycles. The quantitative estimate of drug-likeness (QED) is 0.745. The lowest BCUT2D eigenvalue weighted by Crippen LogP contribution is -1.99. The zero-order chi connectivity index (χ0) is 14.7. The van der Waals surface area contributed by atoms with Crippen molar-refractivity contribution in [2.45, 2.75) is 6.61 Å². The number of hydrogen-bond donors (Lipinski definition) is 1. The van der Waals surface area contributed by atoms with Crippen molar-refractivity contribution in [2.75, 3.05) is 0 Å². The monoisotopic (exact) mass is 418 g/mol. The maximum absolute atomic E-state index is 10.8. The summed E-state index contributed by atoms with van der Waals surface area (Å²) in [5, 5.41) is 9.50. The highest BCUT2D eigenvalue weighted by molar-refractivity contribution is 9.10. The van der Waals surface area contributed by atoms with E-state index in [0.29, 0.717) is 21.9 Å². The van der Waals surface area contributed by atoms with Gasteiger partial charge in [-0.25, -0.2) is 4.79 Å². The van der Waals surface area contributed by atoms with E-state index in [0.717, 1.165) is 10.0 Å². The standard InChI is InChI=1S/C14H9Br2ClO3/c15-10-3-1-9(12(17)6-10)7-20-13-4-2-8(14(18)19)5-11(13)16/h1-6H,7H2,(H,18,19). The van der Waals surface area contributed by atoms with Gasteiger partial charge in [-0.1, -0.05) is 33.6 Å². The zero-order valence-corrected chi connectivity index (χ0v) is 14.0. The predicted molar refractivity (Wildman–Crippen MR) is 84.6 cm³/mol. The summed E-state index contributed by atoms with van der Waals surface area (Å²) in [6.07, 6.45) is 0. The Morgan fingerprint density at radius 2 is 1.95 bits per heavy atom. The molecule has 0 saturated carbocycles. The maximum Gasteiger partial charge on any atom is 0.335 e. The summed E-state index contributed by atoms with van der Waals surface area (Å²) in [5.74, 6) is -0.415. The van der Waals surface area contributed by atoms with Crippen LogP contribution >= 0.6 is 43.5 Å². The van der Waals surface area contributed by atoms with Gasteiger partial charge >= 0.3 is 5.97 Å². The number of rotatable bonds is 4. The predicted octanol–water partition coefficient (Wildman–Crippen LogP) is 5.14. The Labute approximate surface area is 137 Å². The molecule has 0 unspecified atom stereocenters. The van der Waals surface area contributed by atoms with Crippen molar-refractivity contribution in [1.29, 1.82) is 0 Å². The third-order valence-corrected chi connectivity index (χ3v) is 4.04. The first kappa shape index (κ1) is 15.4. The lowest BCUT2D eigenvalue weighted by molar-refractivity contribution is 0.0696. The number of carboxylic acids is 1. The molecule has 0 spiro atoms. The van der Waals surface area contributed by atoms with E-state index in [1.54, 1.807) is 12.1 Å². The highest BCUT2D eigenvalue weighted by Gasteiger charge is 2.08. The van der Waals surface area contributed by atoms with Crippen molar-refractivity contribution in [2.24, 2.45) is 0 Å². The minimum atomic E-state index is -0.979. The van der Waals surface area contributed by atoms with E-state index >= 15 is 0 Å². The molecule has 0 radical (unpaired) electrons. The van der Waals surface area contributed by atoms with Gasteiger partial charge in [-0.3, -0.25) is 0 Å². The third-order valence-electron chi connectivity index (χ3n) is 2.58. The smallest absolute Gasteiger partial charge is 0.335 e. The van der Waals surface area contributed by atoms with Gasteiger partial charge in [0.25, 0.3) is 0 Å². The molecule has 2 aromatic rings. The average Bonchev–Trinajstić information content (AvgIpc) is 2.38. The molecule has 3 nitrogen and oxygen atoms in total. The van der Waals surface area contributed by atoms with Gasteiger partial charge in [0.2, 0.25) is 0 Å². The Bertz CT molecular complexity index is 659. The van der Waals surface area contributed by atoms with Crippen LogP contribution in [0, 0.1) is 0 Å². The van der Waals surface area contributed by atoms with Gasteiger partial charge in [-0.05, 0) is 46.3 Å². The van der Waals surface area contributed by atoms with Crippen LogP contribution in [0.2, 0.25) is 5.02 Å². The van der Waals surface area contributed by atoms with Crippen LogP contribution in [0.3, 0.4) is 0 Å². The average molecular weight is 420 g/mol. The zero-order valence-electron chi connectivity index (χ0n) is 10.1. The summed E-state index contributed by atoms with van der Waals surface area (Å²) >= 11 is 12.7. The summed E-state index contributed by atoms with van der Waals surface area (Å²) < 4.78 is 7.13. The lowest BCUT2D eigenvalue weighted by Gasteiger charge is -2.10. The number of benzene rings is 2. The molecule has 0 fully saturated rings. The molecule has 0 aliphatic rings. The maximum atomic E-state index is 10.8. The van der Waals surface area contributed by atoms with E-state index in [4.69, 9.17) is 21.4 Å². The van der Waals surface area contributed by atoms with Crippen molar-refractivity contribution >= 4 is 49.4 Å². The summed E-state index contributed by atoms with van der Waals surface area (Å²) in [6, 6.07) is 10.1. The Kier molecular flexibility index (Phi) is 5.07. The second-order valence-corrected chi connectivity index (χ2v) is 6.15. The molecule has 0 bridgehead atoms. The van der Waals surface area contributed by atoms with Crippen molar-refractivity contribution in [3.05, 3.63) is 61.5 Å². The number of carbonyl (C=O) groups is 1. The van der Waals surface area contributed by atoms with Gasteiger partial charge in [0.15, 0.2) is 0 Å². The normalized spacial score (nSPS) is 10.3. The molecular formula is C14H9Br2ClO3. The van der Waals surface area contributed by atoms with Crippen LogP contribution in [-0.2, 0) is 6.61 Å². The van der Waals surface area contributed by atoms with E-state index in [9.17, 15) is 4.79 Å². The second-order valence-electron chi connectivity index (χ2n) is 3.97. The molecule has 0 heterocycles. The lowest BCUT2D eigenvalue weighted by atomic mass is 10.2. The van der Waals surface area contributed by atoms with Gasteiger partial charge in [0.1, 0.15) is 12.4 Å². The van der Waals surface area contributed by atoms with Crippen molar-refractivity contribution < 1.29 is 14.6 Å².